The van der Waals surface area contributed by atoms with Crippen LogP contribution in [0, 0.1) is 0 Å². The number of carbonyl (C=O) groups excluding carboxylic acids is 1. The number of amides is 1. The summed E-state index contributed by atoms with van der Waals surface area (Å²) in [6.07, 6.45) is -5.63. The number of aliphatic hydroxyl groups is 4. The molecule has 3 unspecified atom stereocenters. The van der Waals surface area contributed by atoms with Gasteiger partial charge in [0.05, 0.1) is 6.61 Å². The molecule has 0 aromatic carbocycles. The van der Waals surface area contributed by atoms with Gasteiger partial charge in [0.15, 0.2) is 0 Å². The lowest BCUT2D eigenvalue weighted by atomic mass is 10.1. The van der Waals surface area contributed by atoms with Crippen molar-refractivity contribution in [1.82, 2.24) is 0 Å². The van der Waals surface area contributed by atoms with E-state index in [1.807, 2.05) is 0 Å². The van der Waals surface area contributed by atoms with Crippen LogP contribution in [0.4, 0.5) is 4.79 Å². The molecule has 0 radical (unpaired) electrons. The Hall–Kier alpha value is -0.890. The van der Waals surface area contributed by atoms with Gasteiger partial charge in [0, 0.05) is 0 Å². The van der Waals surface area contributed by atoms with Gasteiger partial charge in [-0.05, 0) is 0 Å². The fraction of sp³-hybridized carbons (Fsp3) is 0.833. The molecule has 0 aliphatic heterocycles. The van der Waals surface area contributed by atoms with Crippen LogP contribution in [-0.4, -0.2) is 58.0 Å². The Labute approximate surface area is 74.4 Å². The lowest BCUT2D eigenvalue weighted by molar-refractivity contribution is -0.0906. The number of primary amides is 1. The minimum atomic E-state index is -1.58. The van der Waals surface area contributed by atoms with E-state index in [-0.39, 0.29) is 0 Å². The summed E-state index contributed by atoms with van der Waals surface area (Å²) in [7, 11) is 0. The van der Waals surface area contributed by atoms with Crippen molar-refractivity contribution in [2.24, 2.45) is 5.73 Å². The van der Waals surface area contributed by atoms with Gasteiger partial charge in [-0.1, -0.05) is 0 Å². The molecule has 78 valence electrons. The maximum Gasteiger partial charge on any atom is 0.404 e. The van der Waals surface area contributed by atoms with E-state index < -0.39 is 37.6 Å². The third kappa shape index (κ3) is 4.63. The standard InChI is InChI=1S/C6H13NO6/c7-6(12)13-2-4(10)5(11)3(9)1-8/h3-5,8-11H,1-2H2,(H2,7,12). The fourth-order valence-electron chi connectivity index (χ4n) is 0.631. The van der Waals surface area contributed by atoms with Gasteiger partial charge in [-0.15, -0.1) is 0 Å². The number of aliphatic hydroxyl groups excluding tert-OH is 4. The third-order valence-corrected chi connectivity index (χ3v) is 1.37. The van der Waals surface area contributed by atoms with Crippen molar-refractivity contribution >= 4 is 6.09 Å². The van der Waals surface area contributed by atoms with E-state index in [1.165, 1.54) is 0 Å². The van der Waals surface area contributed by atoms with Gasteiger partial charge >= 0.3 is 6.09 Å². The summed E-state index contributed by atoms with van der Waals surface area (Å²) < 4.78 is 4.16. The monoisotopic (exact) mass is 195 g/mol. The minimum absolute atomic E-state index is 0.534. The topological polar surface area (TPSA) is 133 Å². The van der Waals surface area contributed by atoms with Gasteiger partial charge in [0.2, 0.25) is 0 Å². The summed E-state index contributed by atoms with van der Waals surface area (Å²) in [6, 6.07) is 0. The second kappa shape index (κ2) is 5.70. The smallest absolute Gasteiger partial charge is 0.404 e. The molecule has 0 bridgehead atoms. The quantitative estimate of drug-likeness (QED) is 0.321. The molecule has 0 heterocycles. The third-order valence-electron chi connectivity index (χ3n) is 1.37. The second-order valence-corrected chi connectivity index (χ2v) is 2.44. The molecule has 13 heavy (non-hydrogen) atoms. The van der Waals surface area contributed by atoms with Crippen LogP contribution in [0.1, 0.15) is 0 Å². The van der Waals surface area contributed by atoms with Crippen molar-refractivity contribution in [2.75, 3.05) is 13.2 Å². The molecule has 0 saturated heterocycles. The number of ether oxygens (including phenoxy) is 1. The van der Waals surface area contributed by atoms with E-state index in [9.17, 15) is 4.79 Å². The minimum Gasteiger partial charge on any atom is -0.447 e. The second-order valence-electron chi connectivity index (χ2n) is 2.44. The fourth-order valence-corrected chi connectivity index (χ4v) is 0.631. The summed E-state index contributed by atoms with van der Waals surface area (Å²) in [6.45, 7) is -1.23. The van der Waals surface area contributed by atoms with Crippen LogP contribution in [0.25, 0.3) is 0 Å². The Morgan fingerprint density at radius 3 is 2.23 bits per heavy atom. The summed E-state index contributed by atoms with van der Waals surface area (Å²) in [4.78, 5) is 10.1. The van der Waals surface area contributed by atoms with Gasteiger partial charge < -0.3 is 30.9 Å². The van der Waals surface area contributed by atoms with Crippen molar-refractivity contribution in [3.05, 3.63) is 0 Å². The van der Waals surface area contributed by atoms with E-state index >= 15 is 0 Å². The van der Waals surface area contributed by atoms with Crippen molar-refractivity contribution in [1.29, 1.82) is 0 Å². The van der Waals surface area contributed by atoms with Crippen molar-refractivity contribution in [2.45, 2.75) is 18.3 Å². The highest BCUT2D eigenvalue weighted by Gasteiger charge is 2.24. The maximum absolute atomic E-state index is 10.1. The van der Waals surface area contributed by atoms with Gasteiger partial charge in [0.25, 0.3) is 0 Å². The van der Waals surface area contributed by atoms with Crippen LogP contribution >= 0.6 is 0 Å². The van der Waals surface area contributed by atoms with E-state index in [0.717, 1.165) is 0 Å². The molecule has 0 aromatic heterocycles. The average Bonchev–Trinajstić information content (AvgIpc) is 2.11. The van der Waals surface area contributed by atoms with E-state index in [4.69, 9.17) is 20.4 Å². The number of nitrogens with two attached hydrogens (primary N) is 1. The molecule has 6 N–H and O–H groups in total. The summed E-state index contributed by atoms with van der Waals surface area (Å²) in [5.41, 5.74) is 4.58. The lowest BCUT2D eigenvalue weighted by Crippen LogP contribution is -2.42. The highest BCUT2D eigenvalue weighted by molar-refractivity contribution is 5.64. The van der Waals surface area contributed by atoms with Crippen LogP contribution in [-0.2, 0) is 4.74 Å². The Morgan fingerprint density at radius 1 is 1.31 bits per heavy atom. The summed E-state index contributed by atoms with van der Waals surface area (Å²) in [5, 5.41) is 35.2. The molecule has 0 rings (SSSR count). The van der Waals surface area contributed by atoms with Crippen LogP contribution < -0.4 is 5.73 Å². The molecular formula is C6H13NO6. The van der Waals surface area contributed by atoms with Crippen LogP contribution in [0.3, 0.4) is 0 Å². The predicted octanol–water partition coefficient (Wildman–Crippen LogP) is -2.84. The van der Waals surface area contributed by atoms with E-state index in [2.05, 4.69) is 10.5 Å². The van der Waals surface area contributed by atoms with Crippen LogP contribution in [0.15, 0.2) is 0 Å². The molecule has 7 heteroatoms. The normalized spacial score (nSPS) is 17.5. The Balaban J connectivity index is 3.81. The van der Waals surface area contributed by atoms with Gasteiger partial charge in [-0.25, -0.2) is 4.79 Å². The Bertz CT molecular complexity index is 163. The number of hydrogen-bond donors (Lipinski definition) is 5. The Kier molecular flexibility index (Phi) is 5.31. The van der Waals surface area contributed by atoms with Gasteiger partial charge in [-0.3, -0.25) is 0 Å². The van der Waals surface area contributed by atoms with Crippen LogP contribution in [0.5, 0.6) is 0 Å². The first kappa shape index (κ1) is 12.1. The molecular weight excluding hydrogens is 182 g/mol. The molecule has 1 amide bonds. The molecule has 3 atom stereocenters. The first-order chi connectivity index (χ1) is 5.99. The number of carbonyl (C=O) groups is 1. The highest BCUT2D eigenvalue weighted by atomic mass is 16.6. The lowest BCUT2D eigenvalue weighted by Gasteiger charge is -2.20. The zero-order chi connectivity index (χ0) is 10.4. The molecule has 0 spiro atoms. The molecule has 0 fully saturated rings. The Morgan fingerprint density at radius 2 is 1.85 bits per heavy atom. The highest BCUT2D eigenvalue weighted by Crippen LogP contribution is 2.00. The largest absolute Gasteiger partial charge is 0.447 e. The summed E-state index contributed by atoms with van der Waals surface area (Å²) in [5.74, 6) is 0. The first-order valence-corrected chi connectivity index (χ1v) is 3.56. The predicted molar refractivity (Wildman–Crippen MR) is 40.6 cm³/mol. The molecule has 0 saturated carbocycles. The summed E-state index contributed by atoms with van der Waals surface area (Å²) >= 11 is 0. The van der Waals surface area contributed by atoms with E-state index in [0.29, 0.717) is 0 Å². The van der Waals surface area contributed by atoms with Gasteiger partial charge in [-0.2, -0.15) is 0 Å². The molecule has 7 nitrogen and oxygen atoms in total. The maximum atomic E-state index is 10.1. The molecule has 0 aliphatic rings. The van der Waals surface area contributed by atoms with Crippen molar-refractivity contribution < 1.29 is 30.0 Å². The first-order valence-electron chi connectivity index (χ1n) is 3.56. The molecule has 0 aromatic rings. The van der Waals surface area contributed by atoms with E-state index in [1.54, 1.807) is 0 Å². The zero-order valence-corrected chi connectivity index (χ0v) is 6.83. The van der Waals surface area contributed by atoms with Crippen LogP contribution in [0.2, 0.25) is 0 Å². The number of rotatable bonds is 5. The average molecular weight is 195 g/mol. The number of hydrogen-bond acceptors (Lipinski definition) is 6. The zero-order valence-electron chi connectivity index (χ0n) is 6.83. The van der Waals surface area contributed by atoms with Crippen molar-refractivity contribution in [3.8, 4) is 0 Å². The van der Waals surface area contributed by atoms with Crippen molar-refractivity contribution in [3.63, 3.8) is 0 Å². The molecule has 0 aliphatic carbocycles. The SMILES string of the molecule is NC(=O)OCC(O)C(O)C(O)CO. The van der Waals surface area contributed by atoms with Gasteiger partial charge in [0.1, 0.15) is 24.9 Å².